The Morgan fingerprint density at radius 3 is 2.97 bits per heavy atom. The van der Waals surface area contributed by atoms with Gasteiger partial charge < -0.3 is 19.9 Å². The minimum Gasteiger partial charge on any atom is -0.497 e. The van der Waals surface area contributed by atoms with Crippen LogP contribution in [-0.2, 0) is 6.42 Å². The fraction of sp³-hybridized carbons (Fsp3) is 0.375. The lowest BCUT2D eigenvalue weighted by molar-refractivity contribution is 0.0928. The van der Waals surface area contributed by atoms with Gasteiger partial charge in [0.2, 0.25) is 0 Å². The molecule has 2 aromatic carbocycles. The first-order chi connectivity index (χ1) is 14.2. The molecule has 1 unspecified atom stereocenters. The molecule has 1 fully saturated rings. The first-order valence-electron chi connectivity index (χ1n) is 10.4. The summed E-state index contributed by atoms with van der Waals surface area (Å²) < 4.78 is 5.32. The molecular formula is C24H29N3O2. The molecule has 3 aromatic rings. The average molecular weight is 392 g/mol. The van der Waals surface area contributed by atoms with Gasteiger partial charge in [0.05, 0.1) is 7.11 Å². The number of aromatic amines is 1. The molecule has 1 aliphatic heterocycles. The summed E-state index contributed by atoms with van der Waals surface area (Å²) in [6.07, 6.45) is 3.37. The van der Waals surface area contributed by atoms with E-state index in [1.54, 1.807) is 7.11 Å². The van der Waals surface area contributed by atoms with Gasteiger partial charge in [-0.2, -0.15) is 0 Å². The normalized spacial score (nSPS) is 17.3. The second-order valence-corrected chi connectivity index (χ2v) is 7.89. The van der Waals surface area contributed by atoms with Crippen molar-refractivity contribution in [2.75, 3.05) is 33.3 Å². The quantitative estimate of drug-likeness (QED) is 0.643. The van der Waals surface area contributed by atoms with Gasteiger partial charge in [-0.3, -0.25) is 4.79 Å². The Bertz CT molecular complexity index is 932. The molecular weight excluding hydrogens is 362 g/mol. The molecule has 152 valence electrons. The van der Waals surface area contributed by atoms with Crippen molar-refractivity contribution in [1.82, 2.24) is 15.2 Å². The van der Waals surface area contributed by atoms with E-state index in [9.17, 15) is 4.79 Å². The number of benzene rings is 2. The number of carbonyl (C=O) groups is 1. The Morgan fingerprint density at radius 2 is 2.10 bits per heavy atom. The number of carbonyl (C=O) groups excluding carboxylic acids is 1. The topological polar surface area (TPSA) is 57.4 Å². The first kappa shape index (κ1) is 19.5. The van der Waals surface area contributed by atoms with Crippen LogP contribution in [0.1, 0.15) is 28.9 Å². The van der Waals surface area contributed by atoms with E-state index in [2.05, 4.69) is 27.3 Å². The molecule has 0 saturated carbocycles. The number of para-hydroxylation sites is 1. The summed E-state index contributed by atoms with van der Waals surface area (Å²) in [5.41, 5.74) is 2.94. The van der Waals surface area contributed by atoms with E-state index < -0.39 is 0 Å². The molecule has 4 rings (SSSR count). The van der Waals surface area contributed by atoms with E-state index in [4.69, 9.17) is 4.74 Å². The SMILES string of the molecule is COc1cccc(CCN2CCCC(CNC(=O)c3cc4ccccc4[nH]3)C2)c1. The molecule has 0 aliphatic carbocycles. The van der Waals surface area contributed by atoms with Crippen LogP contribution in [0.5, 0.6) is 5.75 Å². The molecule has 1 aliphatic rings. The van der Waals surface area contributed by atoms with Gasteiger partial charge in [0.1, 0.15) is 11.4 Å². The van der Waals surface area contributed by atoms with E-state index in [0.29, 0.717) is 11.6 Å². The third-order valence-corrected chi connectivity index (χ3v) is 5.78. The van der Waals surface area contributed by atoms with Crippen LogP contribution in [0.3, 0.4) is 0 Å². The highest BCUT2D eigenvalue weighted by molar-refractivity contribution is 5.97. The second kappa shape index (κ2) is 9.14. The zero-order valence-corrected chi connectivity index (χ0v) is 17.0. The summed E-state index contributed by atoms with van der Waals surface area (Å²) in [5.74, 6) is 1.40. The monoisotopic (exact) mass is 391 g/mol. The van der Waals surface area contributed by atoms with Crippen molar-refractivity contribution in [3.63, 3.8) is 0 Å². The standard InChI is InChI=1S/C24H29N3O2/c1-29-21-9-4-6-18(14-21)11-13-27-12-5-7-19(17-27)16-25-24(28)23-15-20-8-2-3-10-22(20)26-23/h2-4,6,8-10,14-15,19,26H,5,7,11-13,16-17H2,1H3,(H,25,28). The van der Waals surface area contributed by atoms with Crippen molar-refractivity contribution in [3.05, 3.63) is 65.9 Å². The maximum absolute atomic E-state index is 12.5. The van der Waals surface area contributed by atoms with Crippen molar-refractivity contribution in [2.45, 2.75) is 19.3 Å². The van der Waals surface area contributed by atoms with Crippen LogP contribution < -0.4 is 10.1 Å². The molecule has 1 saturated heterocycles. The molecule has 29 heavy (non-hydrogen) atoms. The van der Waals surface area contributed by atoms with Crippen molar-refractivity contribution >= 4 is 16.8 Å². The van der Waals surface area contributed by atoms with Crippen LogP contribution >= 0.6 is 0 Å². The molecule has 1 aromatic heterocycles. The number of aromatic nitrogens is 1. The number of methoxy groups -OCH3 is 1. The number of nitrogens with zero attached hydrogens (tertiary/aromatic N) is 1. The third kappa shape index (κ3) is 4.98. The number of ether oxygens (including phenoxy) is 1. The second-order valence-electron chi connectivity index (χ2n) is 7.89. The molecule has 1 atom stereocenters. The maximum atomic E-state index is 12.5. The Balaban J connectivity index is 1.26. The van der Waals surface area contributed by atoms with Crippen molar-refractivity contribution < 1.29 is 9.53 Å². The van der Waals surface area contributed by atoms with Crippen molar-refractivity contribution in [1.29, 1.82) is 0 Å². The number of H-pyrrole nitrogens is 1. The zero-order valence-electron chi connectivity index (χ0n) is 17.0. The van der Waals surface area contributed by atoms with Gasteiger partial charge in [-0.1, -0.05) is 30.3 Å². The molecule has 5 heteroatoms. The summed E-state index contributed by atoms with van der Waals surface area (Å²) in [6, 6.07) is 18.2. The van der Waals surface area contributed by atoms with E-state index in [1.807, 2.05) is 42.5 Å². The lowest BCUT2D eigenvalue weighted by Gasteiger charge is -2.32. The predicted octanol–water partition coefficient (Wildman–Crippen LogP) is 3.86. The van der Waals surface area contributed by atoms with Gasteiger partial charge in [-0.15, -0.1) is 0 Å². The number of rotatable bonds is 7. The Hall–Kier alpha value is -2.79. The van der Waals surface area contributed by atoms with Gasteiger partial charge in [0, 0.05) is 30.5 Å². The van der Waals surface area contributed by atoms with E-state index >= 15 is 0 Å². The molecule has 0 bridgehead atoms. The van der Waals surface area contributed by atoms with Crippen LogP contribution in [0, 0.1) is 5.92 Å². The Kier molecular flexibility index (Phi) is 6.15. The van der Waals surface area contributed by atoms with Crippen LogP contribution in [0.2, 0.25) is 0 Å². The van der Waals surface area contributed by atoms with E-state index in [1.165, 1.54) is 18.4 Å². The summed E-state index contributed by atoms with van der Waals surface area (Å²) in [6.45, 7) is 3.94. The maximum Gasteiger partial charge on any atom is 0.267 e. The van der Waals surface area contributed by atoms with Gasteiger partial charge in [0.25, 0.3) is 5.91 Å². The van der Waals surface area contributed by atoms with Gasteiger partial charge in [0.15, 0.2) is 0 Å². The van der Waals surface area contributed by atoms with Gasteiger partial charge >= 0.3 is 0 Å². The number of nitrogens with one attached hydrogen (secondary N) is 2. The summed E-state index contributed by atoms with van der Waals surface area (Å²) in [4.78, 5) is 18.3. The average Bonchev–Trinajstić information content (AvgIpc) is 3.21. The summed E-state index contributed by atoms with van der Waals surface area (Å²) in [7, 11) is 1.71. The highest BCUT2D eigenvalue weighted by Crippen LogP contribution is 2.19. The third-order valence-electron chi connectivity index (χ3n) is 5.78. The number of piperidine rings is 1. The smallest absolute Gasteiger partial charge is 0.267 e. The summed E-state index contributed by atoms with van der Waals surface area (Å²) >= 11 is 0. The highest BCUT2D eigenvalue weighted by Gasteiger charge is 2.21. The summed E-state index contributed by atoms with van der Waals surface area (Å²) in [5, 5.41) is 4.19. The number of likely N-dealkylation sites (tertiary alicyclic amines) is 1. The lowest BCUT2D eigenvalue weighted by atomic mass is 9.97. The zero-order chi connectivity index (χ0) is 20.1. The molecule has 0 radical (unpaired) electrons. The van der Waals surface area contributed by atoms with Crippen LogP contribution in [0.4, 0.5) is 0 Å². The number of fused-ring (bicyclic) bond motifs is 1. The molecule has 0 spiro atoms. The fourth-order valence-corrected chi connectivity index (χ4v) is 4.16. The minimum atomic E-state index is -0.0188. The fourth-order valence-electron chi connectivity index (χ4n) is 4.16. The number of amides is 1. The highest BCUT2D eigenvalue weighted by atomic mass is 16.5. The minimum absolute atomic E-state index is 0.0188. The van der Waals surface area contributed by atoms with E-state index in [0.717, 1.165) is 49.3 Å². The number of hydrogen-bond donors (Lipinski definition) is 2. The lowest BCUT2D eigenvalue weighted by Crippen LogP contribution is -2.41. The molecule has 1 amide bonds. The largest absolute Gasteiger partial charge is 0.497 e. The van der Waals surface area contributed by atoms with Crippen LogP contribution in [0.25, 0.3) is 10.9 Å². The van der Waals surface area contributed by atoms with Crippen molar-refractivity contribution in [2.24, 2.45) is 5.92 Å². The predicted molar refractivity (Wildman–Crippen MR) is 116 cm³/mol. The van der Waals surface area contributed by atoms with Crippen molar-refractivity contribution in [3.8, 4) is 5.75 Å². The van der Waals surface area contributed by atoms with Gasteiger partial charge in [-0.25, -0.2) is 0 Å². The van der Waals surface area contributed by atoms with E-state index in [-0.39, 0.29) is 5.91 Å². The molecule has 2 heterocycles. The first-order valence-corrected chi connectivity index (χ1v) is 10.4. The Labute approximate surface area is 172 Å². The molecule has 2 N–H and O–H groups in total. The van der Waals surface area contributed by atoms with Crippen LogP contribution in [0.15, 0.2) is 54.6 Å². The van der Waals surface area contributed by atoms with Crippen LogP contribution in [-0.4, -0.2) is 49.1 Å². The Morgan fingerprint density at radius 1 is 1.21 bits per heavy atom. The molecule has 5 nitrogen and oxygen atoms in total. The van der Waals surface area contributed by atoms with Gasteiger partial charge in [-0.05, 0) is 61.6 Å². The number of hydrogen-bond acceptors (Lipinski definition) is 3.